The van der Waals surface area contributed by atoms with Crippen molar-refractivity contribution in [1.82, 2.24) is 19.8 Å². The Bertz CT molecular complexity index is 1130. The summed E-state index contributed by atoms with van der Waals surface area (Å²) in [5.74, 6) is 0. The minimum Gasteiger partial charge on any atom is -0.339 e. The van der Waals surface area contributed by atoms with Gasteiger partial charge in [-0.05, 0) is 63.1 Å². The van der Waals surface area contributed by atoms with Crippen LogP contribution in [0, 0.1) is 0 Å². The molecule has 4 nitrogen and oxygen atoms in total. The van der Waals surface area contributed by atoms with Crippen LogP contribution in [0.15, 0.2) is 66.9 Å². The summed E-state index contributed by atoms with van der Waals surface area (Å²) in [7, 11) is 0. The van der Waals surface area contributed by atoms with Crippen molar-refractivity contribution >= 4 is 71.4 Å². The van der Waals surface area contributed by atoms with Gasteiger partial charge >= 0.3 is 0 Å². The number of nitrogens with one attached hydrogen (secondary N) is 1. The zero-order valence-corrected chi connectivity index (χ0v) is 24.5. The van der Waals surface area contributed by atoms with E-state index in [1.54, 1.807) is 0 Å². The topological polar surface area (TPSA) is 33.1 Å². The second-order valence-electron chi connectivity index (χ2n) is 8.47. The van der Waals surface area contributed by atoms with Gasteiger partial charge in [0.05, 0.1) is 11.2 Å². The van der Waals surface area contributed by atoms with Crippen LogP contribution in [0.4, 0.5) is 0 Å². The maximum Gasteiger partial charge on any atom is 0.0784 e. The lowest BCUT2D eigenvalue weighted by Gasteiger charge is -2.17. The van der Waals surface area contributed by atoms with Crippen LogP contribution < -0.4 is 5.32 Å². The van der Waals surface area contributed by atoms with E-state index in [1.165, 1.54) is 27.4 Å². The van der Waals surface area contributed by atoms with Crippen molar-refractivity contribution in [3.05, 3.63) is 78.1 Å². The van der Waals surface area contributed by atoms with E-state index < -0.39 is 0 Å². The Morgan fingerprint density at radius 2 is 1.50 bits per heavy atom. The van der Waals surface area contributed by atoms with Gasteiger partial charge in [-0.2, -0.15) is 0 Å². The number of aryl methyl sites for hydroxylation is 2. The second kappa shape index (κ2) is 17.8. The van der Waals surface area contributed by atoms with Gasteiger partial charge in [-0.25, -0.2) is 0 Å². The molecule has 4 rings (SSSR count). The largest absolute Gasteiger partial charge is 0.339 e. The monoisotopic (exact) mass is 572 g/mol. The number of rotatable bonds is 12. The van der Waals surface area contributed by atoms with Gasteiger partial charge in [0, 0.05) is 35.6 Å². The minimum atomic E-state index is 0. The second-order valence-corrected chi connectivity index (χ2v) is 8.47. The molecule has 2 aromatic carbocycles. The van der Waals surface area contributed by atoms with Crippen LogP contribution in [0.2, 0.25) is 0 Å². The van der Waals surface area contributed by atoms with Gasteiger partial charge in [0.25, 0.3) is 0 Å². The first-order valence-electron chi connectivity index (χ1n) is 12.1. The van der Waals surface area contributed by atoms with Crippen molar-refractivity contribution in [1.29, 1.82) is 0 Å². The van der Waals surface area contributed by atoms with Crippen LogP contribution in [-0.2, 0) is 19.5 Å². The SMILES string of the molecule is CCN(CC)CCCNCc1nccc2c3ccccc3n(CCCc3ccccc3)c12.Cl.Cl.Cl.Cl. The average Bonchev–Trinajstić information content (AvgIpc) is 3.17. The smallest absolute Gasteiger partial charge is 0.0784 e. The van der Waals surface area contributed by atoms with E-state index in [2.05, 4.69) is 89.3 Å². The van der Waals surface area contributed by atoms with Gasteiger partial charge in [0.15, 0.2) is 0 Å². The Labute approximate surface area is 240 Å². The van der Waals surface area contributed by atoms with Gasteiger partial charge in [-0.3, -0.25) is 4.98 Å². The van der Waals surface area contributed by atoms with E-state index in [9.17, 15) is 0 Å². The van der Waals surface area contributed by atoms with Crippen molar-refractivity contribution in [2.75, 3.05) is 26.2 Å². The predicted octanol–water partition coefficient (Wildman–Crippen LogP) is 7.33. The van der Waals surface area contributed by atoms with Crippen LogP contribution in [0.25, 0.3) is 21.8 Å². The molecule has 8 heteroatoms. The molecule has 0 aliphatic carbocycles. The molecule has 0 fully saturated rings. The first-order chi connectivity index (χ1) is 15.8. The predicted molar refractivity (Wildman–Crippen MR) is 165 cm³/mol. The molecule has 0 bridgehead atoms. The lowest BCUT2D eigenvalue weighted by atomic mass is 10.1. The van der Waals surface area contributed by atoms with E-state index >= 15 is 0 Å². The van der Waals surface area contributed by atoms with Crippen LogP contribution >= 0.6 is 49.6 Å². The third-order valence-corrected chi connectivity index (χ3v) is 6.46. The summed E-state index contributed by atoms with van der Waals surface area (Å²) < 4.78 is 2.49. The first kappa shape index (κ1) is 34.5. The van der Waals surface area contributed by atoms with Crippen molar-refractivity contribution in [2.45, 2.75) is 46.2 Å². The van der Waals surface area contributed by atoms with Crippen molar-refractivity contribution < 1.29 is 0 Å². The van der Waals surface area contributed by atoms with E-state index in [0.29, 0.717) is 0 Å². The van der Waals surface area contributed by atoms with E-state index in [1.807, 2.05) is 6.20 Å². The van der Waals surface area contributed by atoms with Gasteiger partial charge in [-0.15, -0.1) is 49.6 Å². The molecule has 4 aromatic rings. The molecule has 0 saturated heterocycles. The van der Waals surface area contributed by atoms with E-state index in [-0.39, 0.29) is 49.6 Å². The summed E-state index contributed by atoms with van der Waals surface area (Å²) in [6.45, 7) is 10.7. The molecule has 0 radical (unpaired) electrons. The van der Waals surface area contributed by atoms with Crippen LogP contribution in [-0.4, -0.2) is 40.6 Å². The number of aromatic nitrogens is 2. The molecular weight excluding hydrogens is 534 g/mol. The van der Waals surface area contributed by atoms with Crippen molar-refractivity contribution in [3.8, 4) is 0 Å². The van der Waals surface area contributed by atoms with Gasteiger partial charge in [0.2, 0.25) is 0 Å². The summed E-state index contributed by atoms with van der Waals surface area (Å²) in [5.41, 5.74) is 5.16. The number of nitrogens with zero attached hydrogens (tertiary/aromatic N) is 3. The molecule has 2 heterocycles. The maximum atomic E-state index is 4.80. The molecule has 0 unspecified atom stereocenters. The average molecular weight is 574 g/mol. The van der Waals surface area contributed by atoms with Crippen LogP contribution in [0.3, 0.4) is 0 Å². The molecule has 2 aromatic heterocycles. The minimum absolute atomic E-state index is 0. The molecule has 0 aliphatic rings. The quantitative estimate of drug-likeness (QED) is 0.180. The van der Waals surface area contributed by atoms with E-state index in [4.69, 9.17) is 4.98 Å². The fourth-order valence-electron chi connectivity index (χ4n) is 4.69. The third kappa shape index (κ3) is 8.51. The number of benzene rings is 2. The van der Waals surface area contributed by atoms with Gasteiger partial charge in [-0.1, -0.05) is 62.4 Å². The number of hydrogen-bond donors (Lipinski definition) is 1. The summed E-state index contributed by atoms with van der Waals surface area (Å²) in [5, 5.41) is 6.29. The highest BCUT2D eigenvalue weighted by Crippen LogP contribution is 2.30. The summed E-state index contributed by atoms with van der Waals surface area (Å²) in [4.78, 5) is 7.28. The molecule has 200 valence electrons. The highest BCUT2D eigenvalue weighted by Gasteiger charge is 2.14. The highest BCUT2D eigenvalue weighted by atomic mass is 35.5. The van der Waals surface area contributed by atoms with Crippen LogP contribution in [0.5, 0.6) is 0 Å². The van der Waals surface area contributed by atoms with Gasteiger partial charge in [0.1, 0.15) is 0 Å². The van der Waals surface area contributed by atoms with E-state index in [0.717, 1.165) is 64.2 Å². The number of para-hydroxylation sites is 1. The molecular formula is C28H40Cl4N4. The Morgan fingerprint density at radius 3 is 2.22 bits per heavy atom. The lowest BCUT2D eigenvalue weighted by molar-refractivity contribution is 0.298. The number of hydrogen-bond acceptors (Lipinski definition) is 3. The summed E-state index contributed by atoms with van der Waals surface area (Å²) in [6, 6.07) is 21.7. The van der Waals surface area contributed by atoms with Crippen LogP contribution in [0.1, 0.15) is 37.9 Å². The molecule has 0 spiro atoms. The Hall–Kier alpha value is -1.53. The number of halogens is 4. The zero-order chi connectivity index (χ0) is 22.2. The molecule has 36 heavy (non-hydrogen) atoms. The molecule has 0 atom stereocenters. The summed E-state index contributed by atoms with van der Waals surface area (Å²) in [6.07, 6.45) is 5.34. The fourth-order valence-corrected chi connectivity index (χ4v) is 4.69. The number of pyridine rings is 1. The number of fused-ring (bicyclic) bond motifs is 3. The lowest BCUT2D eigenvalue weighted by Crippen LogP contribution is -2.27. The van der Waals surface area contributed by atoms with Crippen molar-refractivity contribution in [3.63, 3.8) is 0 Å². The van der Waals surface area contributed by atoms with Crippen molar-refractivity contribution in [2.24, 2.45) is 0 Å². The summed E-state index contributed by atoms with van der Waals surface area (Å²) >= 11 is 0. The Balaban J connectivity index is 0.00000306. The molecule has 0 aliphatic heterocycles. The standard InChI is InChI=1S/C28H36N4.4ClH/c1-3-31(4-2)20-11-18-29-22-26-28-25(17-19-30-26)24-15-8-9-16-27(24)32(28)21-10-14-23-12-6-5-7-13-23;;;;/h5-9,12-13,15-17,19,29H,3-4,10-11,14,18,20-22H2,1-2H3;4*1H. The normalized spacial score (nSPS) is 10.4. The Kier molecular flexibility index (Phi) is 17.1. The highest BCUT2D eigenvalue weighted by molar-refractivity contribution is 6.08. The molecule has 0 amide bonds. The zero-order valence-electron chi connectivity index (χ0n) is 21.2. The van der Waals surface area contributed by atoms with Gasteiger partial charge < -0.3 is 14.8 Å². The third-order valence-electron chi connectivity index (χ3n) is 6.46. The molecule has 0 saturated carbocycles. The molecule has 1 N–H and O–H groups in total. The first-order valence-corrected chi connectivity index (χ1v) is 12.1. The maximum absolute atomic E-state index is 4.80. The fraction of sp³-hybridized carbons (Fsp3) is 0.393. The Morgan fingerprint density at radius 1 is 0.806 bits per heavy atom.